The fraction of sp³-hybridized carbons (Fsp3) is 0.905. The molecular formula is C21H41KO8S. The second-order valence-corrected chi connectivity index (χ2v) is 11.0. The minimum atomic E-state index is -4.84. The first kappa shape index (κ1) is 33.6. The monoisotopic (exact) mass is 492 g/mol. The summed E-state index contributed by atoms with van der Waals surface area (Å²) in [6.45, 7) is 4.31. The summed E-state index contributed by atoms with van der Waals surface area (Å²) < 4.78 is 35.7. The molecule has 0 heterocycles. The Balaban J connectivity index is 0. The maximum Gasteiger partial charge on any atom is 0.325 e. The van der Waals surface area contributed by atoms with Crippen LogP contribution in [0.4, 0.5) is 0 Å². The predicted octanol–water partition coefficient (Wildman–Crippen LogP) is 4.48. The van der Waals surface area contributed by atoms with Crippen LogP contribution in [0.25, 0.3) is 0 Å². The summed E-state index contributed by atoms with van der Waals surface area (Å²) in [5.41, 5.74) is 0. The van der Waals surface area contributed by atoms with Crippen molar-refractivity contribution in [2.24, 2.45) is 0 Å². The van der Waals surface area contributed by atoms with Crippen molar-refractivity contribution in [2.75, 3.05) is 13.2 Å². The number of rotatable bonds is 20. The van der Waals surface area contributed by atoms with Crippen LogP contribution in [0.1, 0.15) is 96.8 Å². The van der Waals surface area contributed by atoms with Gasteiger partial charge < -0.3 is 10.2 Å². The first-order valence-electron chi connectivity index (χ1n) is 11.6. The van der Waals surface area contributed by atoms with E-state index in [9.17, 15) is 18.0 Å². The molecule has 31 heavy (non-hydrogen) atoms. The fourth-order valence-electron chi connectivity index (χ4n) is 2.87. The van der Waals surface area contributed by atoms with E-state index in [4.69, 9.17) is 19.5 Å². The molecule has 0 rings (SSSR count). The molecule has 0 amide bonds. The van der Waals surface area contributed by atoms with Gasteiger partial charge in [0.25, 0.3) is 10.1 Å². The van der Waals surface area contributed by atoms with Crippen LogP contribution in [0, 0.1) is 0 Å². The van der Waals surface area contributed by atoms with Crippen molar-refractivity contribution in [3.63, 3.8) is 0 Å². The molecule has 8 nitrogen and oxygen atoms in total. The van der Waals surface area contributed by atoms with Crippen molar-refractivity contribution in [3.05, 3.63) is 0 Å². The Bertz CT molecular complexity index is 523. The smallest absolute Gasteiger partial charge is 0.325 e. The van der Waals surface area contributed by atoms with E-state index in [1.54, 1.807) is 0 Å². The molecular weight excluding hydrogens is 451 g/mol. The zero-order valence-corrected chi connectivity index (χ0v) is 23.3. The number of hydrogen-bond donors (Lipinski definition) is 3. The van der Waals surface area contributed by atoms with Gasteiger partial charge in [0.1, 0.15) is 0 Å². The van der Waals surface area contributed by atoms with E-state index in [1.165, 1.54) is 84.0 Å². The topological polar surface area (TPSA) is 138 Å². The molecule has 0 aliphatic carbocycles. The van der Waals surface area contributed by atoms with Crippen LogP contribution in [0.2, 0.25) is 0.515 Å². The minimum Gasteiger partial charge on any atom is -0.481 e. The van der Waals surface area contributed by atoms with E-state index in [0.29, 0.717) is 0 Å². The van der Waals surface area contributed by atoms with Gasteiger partial charge in [0.2, 0.25) is 0 Å². The molecule has 0 fully saturated rings. The quantitative estimate of drug-likeness (QED) is 0.128. The van der Waals surface area contributed by atoms with Crippen LogP contribution in [-0.2, 0) is 24.4 Å². The van der Waals surface area contributed by atoms with E-state index in [2.05, 4.69) is 6.92 Å². The minimum absolute atomic E-state index is 1.00. The maximum atomic E-state index is 10.2. The molecule has 180 valence electrons. The van der Waals surface area contributed by atoms with Crippen LogP contribution in [0.5, 0.6) is 0 Å². The average molecular weight is 493 g/mol. The average Bonchev–Trinajstić information content (AvgIpc) is 2.68. The van der Waals surface area contributed by atoms with Gasteiger partial charge in [0.15, 0.2) is 5.25 Å². The summed E-state index contributed by atoms with van der Waals surface area (Å²) in [7, 11) is -4.84. The van der Waals surface area contributed by atoms with Crippen molar-refractivity contribution in [1.82, 2.24) is 0 Å². The third kappa shape index (κ3) is 26.6. The van der Waals surface area contributed by atoms with Crippen molar-refractivity contribution in [1.29, 1.82) is 0 Å². The standard InChI is InChI=1S/C17H35O.C4H6O7S.K/c1-3-5-6-7-8-9-10-11-12-13-14-15-17-18-16-4-2;5-3(6)1-2(4(7)8)12(9,10)11;/h2-17H2,1H3;2H,1H2,(H,5,6)(H,7,8)(H,9,10,11);. The van der Waals surface area contributed by atoms with Crippen LogP contribution < -0.4 is 0 Å². The summed E-state index contributed by atoms with van der Waals surface area (Å²) >= 11 is 1.02. The Labute approximate surface area is 222 Å². The summed E-state index contributed by atoms with van der Waals surface area (Å²) in [5.74, 6) is -3.50. The van der Waals surface area contributed by atoms with Crippen LogP contribution in [0.15, 0.2) is 0 Å². The number of aliphatic carboxylic acids is 2. The van der Waals surface area contributed by atoms with E-state index < -0.39 is 33.7 Å². The maximum absolute atomic E-state index is 10.2. The Morgan fingerprint density at radius 1 is 0.806 bits per heavy atom. The van der Waals surface area contributed by atoms with Crippen LogP contribution in [0.3, 0.4) is 0 Å². The molecule has 10 heteroatoms. The van der Waals surface area contributed by atoms with Crippen LogP contribution in [-0.4, -0.2) is 103 Å². The third-order valence-electron chi connectivity index (χ3n) is 4.78. The van der Waals surface area contributed by atoms with Gasteiger partial charge in [-0.2, -0.15) is 8.42 Å². The van der Waals surface area contributed by atoms with Crippen molar-refractivity contribution in [2.45, 2.75) is 103 Å². The van der Waals surface area contributed by atoms with Gasteiger partial charge in [-0.05, 0) is 0 Å². The predicted molar refractivity (Wildman–Crippen MR) is 122 cm³/mol. The molecule has 0 aromatic heterocycles. The normalized spacial score (nSPS) is 12.1. The molecule has 0 saturated heterocycles. The second kappa shape index (κ2) is 23.6. The van der Waals surface area contributed by atoms with Gasteiger partial charge in [-0.25, -0.2) is 0 Å². The molecule has 3 N–H and O–H groups in total. The summed E-state index contributed by atoms with van der Waals surface area (Å²) in [4.78, 5) is 20.0. The molecule has 0 bridgehead atoms. The molecule has 0 radical (unpaired) electrons. The molecule has 0 aromatic rings. The first-order valence-corrected chi connectivity index (χ1v) is 15.4. The van der Waals surface area contributed by atoms with Crippen molar-refractivity contribution >= 4 is 71.0 Å². The molecule has 1 atom stereocenters. The molecule has 0 spiro atoms. The third-order valence-corrected chi connectivity index (χ3v) is 6.97. The van der Waals surface area contributed by atoms with Gasteiger partial charge in [-0.1, -0.05) is 39.0 Å². The molecule has 1 unspecified atom stereocenters. The van der Waals surface area contributed by atoms with Crippen LogP contribution >= 0.6 is 0 Å². The Morgan fingerprint density at radius 2 is 1.23 bits per heavy atom. The molecule has 0 aromatic carbocycles. The van der Waals surface area contributed by atoms with Gasteiger partial charge in [0, 0.05) is 0 Å². The number of carboxylic acid groups (broad SMARTS) is 2. The van der Waals surface area contributed by atoms with Gasteiger partial charge in [0.05, 0.1) is 6.42 Å². The molecule has 0 aliphatic rings. The van der Waals surface area contributed by atoms with E-state index in [-0.39, 0.29) is 0 Å². The first-order chi connectivity index (χ1) is 14.7. The molecule has 0 saturated carbocycles. The van der Waals surface area contributed by atoms with E-state index in [1.807, 2.05) is 0 Å². The number of carbonyl (C=O) groups is 2. The van der Waals surface area contributed by atoms with Crippen molar-refractivity contribution in [3.8, 4) is 0 Å². The zero-order chi connectivity index (χ0) is 24.0. The molecule has 0 aliphatic heterocycles. The second-order valence-electron chi connectivity index (χ2n) is 7.79. The van der Waals surface area contributed by atoms with Gasteiger partial charge >= 0.3 is 131 Å². The SMILES string of the molecule is CCCCCCCCCCCCCCOCC[CH2][K].O=C(O)CC(C(=O)O)S(=O)(=O)O. The Hall–Kier alpha value is 0.446. The summed E-state index contributed by atoms with van der Waals surface area (Å²) in [6.07, 6.45) is 17.2. The summed E-state index contributed by atoms with van der Waals surface area (Å²) in [5, 5.41) is 13.9. The van der Waals surface area contributed by atoms with Gasteiger partial charge in [-0.15, -0.1) is 0 Å². The van der Waals surface area contributed by atoms with E-state index in [0.717, 1.165) is 62.2 Å². The number of unbranched alkanes of at least 4 members (excludes halogenated alkanes) is 11. The summed E-state index contributed by atoms with van der Waals surface area (Å²) in [6, 6.07) is 0. The largest absolute Gasteiger partial charge is 0.481 e. The zero-order valence-electron chi connectivity index (χ0n) is 19.4. The fourth-order valence-corrected chi connectivity index (χ4v) is 3.93. The van der Waals surface area contributed by atoms with Crippen molar-refractivity contribution < 1.29 is 37.5 Å². The number of carboxylic acids is 2. The number of ether oxygens (including phenoxy) is 1. The Morgan fingerprint density at radius 3 is 1.55 bits per heavy atom. The number of hydrogen-bond acceptors (Lipinski definition) is 5. The van der Waals surface area contributed by atoms with Gasteiger partial charge in [-0.3, -0.25) is 14.1 Å². The Kier molecular flexibility index (Phi) is 25.6. The van der Waals surface area contributed by atoms with E-state index >= 15 is 0 Å².